The summed E-state index contributed by atoms with van der Waals surface area (Å²) in [6.45, 7) is 1.72. The summed E-state index contributed by atoms with van der Waals surface area (Å²) in [6.07, 6.45) is 3.22. The maximum atomic E-state index is 12.6. The molecule has 3 rings (SSSR count). The summed E-state index contributed by atoms with van der Waals surface area (Å²) >= 11 is 7.11. The Morgan fingerprint density at radius 2 is 1.97 bits per heavy atom. The summed E-state index contributed by atoms with van der Waals surface area (Å²) in [5, 5.41) is 2.12. The highest BCUT2D eigenvalue weighted by Gasteiger charge is 2.21. The maximum Gasteiger partial charge on any atom is 0.274 e. The van der Waals surface area contributed by atoms with Gasteiger partial charge in [-0.2, -0.15) is 0 Å². The van der Waals surface area contributed by atoms with E-state index in [1.54, 1.807) is 31.5 Å². The minimum Gasteiger partial charge on any atom is -0.324 e. The minimum absolute atomic E-state index is 0.0737. The van der Waals surface area contributed by atoms with E-state index in [2.05, 4.69) is 19.4 Å². The fourth-order valence-electron chi connectivity index (χ4n) is 2.51. The van der Waals surface area contributed by atoms with Crippen LogP contribution in [0.3, 0.4) is 0 Å². The molecule has 0 atom stereocenters. The Hall–Kier alpha value is -1.99. The summed E-state index contributed by atoms with van der Waals surface area (Å²) in [7, 11) is -5.99. The number of aromatic nitrogens is 3. The highest BCUT2D eigenvalue weighted by atomic mass is 35.5. The van der Waals surface area contributed by atoms with Gasteiger partial charge in [0.05, 0.1) is 10.6 Å². The zero-order valence-electron chi connectivity index (χ0n) is 15.5. The lowest BCUT2D eigenvalue weighted by molar-refractivity contribution is 0.564. The number of nitrogens with zero attached hydrogens (tertiary/aromatic N) is 3. The molecule has 1 aromatic carbocycles. The van der Waals surface area contributed by atoms with Crippen LogP contribution in [0, 0.1) is 6.92 Å². The van der Waals surface area contributed by atoms with Crippen molar-refractivity contribution in [3.05, 3.63) is 52.3 Å². The average molecular weight is 476 g/mol. The first-order chi connectivity index (χ1) is 13.6. The summed E-state index contributed by atoms with van der Waals surface area (Å²) in [4.78, 5) is 8.10. The predicted octanol–water partition coefficient (Wildman–Crippen LogP) is 2.16. The van der Waals surface area contributed by atoms with E-state index in [1.807, 2.05) is 0 Å². The van der Waals surface area contributed by atoms with Crippen molar-refractivity contribution in [1.82, 2.24) is 19.3 Å². The lowest BCUT2D eigenvalue weighted by Crippen LogP contribution is -2.28. The molecule has 29 heavy (non-hydrogen) atoms. The lowest BCUT2D eigenvalue weighted by atomic mass is 10.2. The van der Waals surface area contributed by atoms with Crippen LogP contribution in [0.5, 0.6) is 0 Å². The first-order valence-corrected chi connectivity index (χ1v) is 12.5. The normalized spacial score (nSPS) is 12.2. The highest BCUT2D eigenvalue weighted by molar-refractivity contribution is 7.93. The van der Waals surface area contributed by atoms with Crippen LogP contribution in [-0.2, 0) is 33.5 Å². The Balaban J connectivity index is 1.64. The van der Waals surface area contributed by atoms with Crippen LogP contribution in [0.25, 0.3) is 0 Å². The maximum absolute atomic E-state index is 12.6. The summed E-state index contributed by atoms with van der Waals surface area (Å²) in [6, 6.07) is 4.64. The summed E-state index contributed by atoms with van der Waals surface area (Å²) in [5.74, 6) is 0. The van der Waals surface area contributed by atoms with Gasteiger partial charge in [0.1, 0.15) is 0 Å². The number of hydrogen-bond donors (Lipinski definition) is 2. The van der Waals surface area contributed by atoms with Gasteiger partial charge in [-0.25, -0.2) is 31.5 Å². The van der Waals surface area contributed by atoms with Crippen molar-refractivity contribution in [2.45, 2.75) is 23.4 Å². The molecular weight excluding hydrogens is 458 g/mol. The topological polar surface area (TPSA) is 123 Å². The van der Waals surface area contributed by atoms with Crippen molar-refractivity contribution < 1.29 is 16.8 Å². The standard InChI is InChI=1S/C16H18ClN5O4S3/c1-11-13(17)4-3-5-14(11)28(23,24)21-15-20-12(10-27-15)6-7-19-29(25,26)16-18-8-9-22(16)2/h3-5,8-10,19H,6-7H2,1-2H3,(H,20,21). The van der Waals surface area contributed by atoms with Crippen LogP contribution in [0.2, 0.25) is 5.02 Å². The van der Waals surface area contributed by atoms with Gasteiger partial charge >= 0.3 is 0 Å². The molecule has 0 fully saturated rings. The molecule has 13 heteroatoms. The van der Waals surface area contributed by atoms with Crippen molar-refractivity contribution in [1.29, 1.82) is 0 Å². The van der Waals surface area contributed by atoms with Crippen LogP contribution in [0.15, 0.2) is 46.0 Å². The SMILES string of the molecule is Cc1c(Cl)cccc1S(=O)(=O)Nc1nc(CCNS(=O)(=O)c2nccn2C)cs1. The fraction of sp³-hybridized carbons (Fsp3) is 0.250. The Labute approximate surface area is 177 Å². The minimum atomic E-state index is -3.84. The molecule has 0 amide bonds. The monoisotopic (exact) mass is 475 g/mol. The molecule has 0 radical (unpaired) electrons. The zero-order chi connectivity index (χ0) is 21.2. The molecule has 2 N–H and O–H groups in total. The second-order valence-electron chi connectivity index (χ2n) is 6.08. The van der Waals surface area contributed by atoms with Gasteiger partial charge in [0.25, 0.3) is 20.0 Å². The van der Waals surface area contributed by atoms with E-state index >= 15 is 0 Å². The van der Waals surface area contributed by atoms with E-state index in [1.165, 1.54) is 23.0 Å². The van der Waals surface area contributed by atoms with Crippen molar-refractivity contribution in [3.63, 3.8) is 0 Å². The molecule has 2 heterocycles. The Morgan fingerprint density at radius 1 is 1.21 bits per heavy atom. The van der Waals surface area contributed by atoms with Gasteiger partial charge in [0, 0.05) is 42.8 Å². The van der Waals surface area contributed by atoms with E-state index in [-0.39, 0.29) is 28.1 Å². The smallest absolute Gasteiger partial charge is 0.274 e. The molecule has 156 valence electrons. The molecule has 0 unspecified atom stereocenters. The van der Waals surface area contributed by atoms with E-state index in [0.29, 0.717) is 16.3 Å². The molecule has 0 aliphatic carbocycles. The predicted molar refractivity (Wildman–Crippen MR) is 111 cm³/mol. The molecule has 0 saturated carbocycles. The highest BCUT2D eigenvalue weighted by Crippen LogP contribution is 2.26. The van der Waals surface area contributed by atoms with Crippen molar-refractivity contribution in [2.75, 3.05) is 11.3 Å². The Bertz CT molecular complexity index is 1230. The lowest BCUT2D eigenvalue weighted by Gasteiger charge is -2.09. The van der Waals surface area contributed by atoms with E-state index < -0.39 is 20.0 Å². The quantitative estimate of drug-likeness (QED) is 0.514. The van der Waals surface area contributed by atoms with Crippen LogP contribution >= 0.6 is 22.9 Å². The molecule has 3 aromatic rings. The number of hydrogen-bond acceptors (Lipinski definition) is 7. The van der Waals surface area contributed by atoms with Crippen LogP contribution in [0.4, 0.5) is 5.13 Å². The number of halogens is 1. The van der Waals surface area contributed by atoms with Crippen molar-refractivity contribution in [2.24, 2.45) is 7.05 Å². The van der Waals surface area contributed by atoms with Gasteiger partial charge in [-0.15, -0.1) is 11.3 Å². The third-order valence-corrected chi connectivity index (χ3v) is 8.26. The largest absolute Gasteiger partial charge is 0.324 e. The molecule has 0 bridgehead atoms. The van der Waals surface area contributed by atoms with Gasteiger partial charge in [-0.05, 0) is 24.6 Å². The summed E-state index contributed by atoms with van der Waals surface area (Å²) < 4.78 is 55.9. The van der Waals surface area contributed by atoms with Crippen LogP contribution < -0.4 is 9.44 Å². The molecular formula is C16H18ClN5O4S3. The van der Waals surface area contributed by atoms with E-state index in [4.69, 9.17) is 11.6 Å². The average Bonchev–Trinajstić information content (AvgIpc) is 3.26. The van der Waals surface area contributed by atoms with Gasteiger partial charge in [-0.3, -0.25) is 4.72 Å². The number of benzene rings is 1. The second kappa shape index (κ2) is 8.40. The van der Waals surface area contributed by atoms with Gasteiger partial charge < -0.3 is 4.57 Å². The number of anilines is 1. The fourth-order valence-corrected chi connectivity index (χ4v) is 6.14. The number of nitrogens with one attached hydrogen (secondary N) is 2. The van der Waals surface area contributed by atoms with E-state index in [0.717, 1.165) is 11.3 Å². The zero-order valence-corrected chi connectivity index (χ0v) is 18.7. The third-order valence-electron chi connectivity index (χ3n) is 3.97. The molecule has 0 spiro atoms. The number of thiazole rings is 1. The first-order valence-electron chi connectivity index (χ1n) is 8.29. The molecule has 2 aromatic heterocycles. The number of aryl methyl sites for hydroxylation is 1. The van der Waals surface area contributed by atoms with Gasteiger partial charge in [0.15, 0.2) is 5.13 Å². The van der Waals surface area contributed by atoms with Crippen molar-refractivity contribution >= 4 is 48.1 Å². The Morgan fingerprint density at radius 3 is 2.66 bits per heavy atom. The molecule has 9 nitrogen and oxygen atoms in total. The summed E-state index contributed by atoms with van der Waals surface area (Å²) in [5.41, 5.74) is 1.00. The second-order valence-corrected chi connectivity index (χ2v) is 10.7. The third kappa shape index (κ3) is 4.95. The molecule has 0 aliphatic rings. The molecule has 0 saturated heterocycles. The number of imidazole rings is 1. The number of rotatable bonds is 8. The van der Waals surface area contributed by atoms with E-state index in [9.17, 15) is 16.8 Å². The van der Waals surface area contributed by atoms with Crippen LogP contribution in [0.1, 0.15) is 11.3 Å². The molecule has 0 aliphatic heterocycles. The number of sulfonamides is 2. The van der Waals surface area contributed by atoms with Crippen LogP contribution in [-0.4, -0.2) is 37.9 Å². The first kappa shape index (κ1) is 21.7. The Kier molecular flexibility index (Phi) is 6.29. The van der Waals surface area contributed by atoms with Gasteiger partial charge in [0.2, 0.25) is 5.16 Å². The van der Waals surface area contributed by atoms with Crippen molar-refractivity contribution in [3.8, 4) is 0 Å². The van der Waals surface area contributed by atoms with Gasteiger partial charge in [-0.1, -0.05) is 17.7 Å².